The van der Waals surface area contributed by atoms with E-state index in [0.717, 1.165) is 30.4 Å². The summed E-state index contributed by atoms with van der Waals surface area (Å²) in [6, 6.07) is 22.6. The molecule has 5 N–H and O–H groups in total. The molecule has 51 heavy (non-hydrogen) atoms. The van der Waals surface area contributed by atoms with Gasteiger partial charge in [0.15, 0.2) is 0 Å². The van der Waals surface area contributed by atoms with Crippen LogP contribution in [0.5, 0.6) is 0 Å². The topological polar surface area (TPSA) is 138 Å². The summed E-state index contributed by atoms with van der Waals surface area (Å²) in [5, 5.41) is 15.9. The Bertz CT molecular complexity index is 1670. The Labute approximate surface area is 305 Å². The Balaban J connectivity index is 1.33. The highest BCUT2D eigenvalue weighted by Gasteiger charge is 2.43. The molecule has 0 bridgehead atoms. The third kappa shape index (κ3) is 11.1. The number of ether oxygens (including phenoxy) is 1. The van der Waals surface area contributed by atoms with E-state index in [-0.39, 0.29) is 55.4 Å². The van der Waals surface area contributed by atoms with Gasteiger partial charge in [-0.3, -0.25) is 24.5 Å². The van der Waals surface area contributed by atoms with Gasteiger partial charge in [-0.1, -0.05) is 93.0 Å². The van der Waals surface area contributed by atoms with E-state index < -0.39 is 23.5 Å². The summed E-state index contributed by atoms with van der Waals surface area (Å²) in [6.07, 6.45) is 3.49. The van der Waals surface area contributed by atoms with Crippen LogP contribution in [-0.4, -0.2) is 67.6 Å². The second-order valence-corrected chi connectivity index (χ2v) is 15.4. The molecule has 5 rings (SSSR count). The van der Waals surface area contributed by atoms with Crippen molar-refractivity contribution in [3.05, 3.63) is 106 Å². The average molecular weight is 716 g/mol. The van der Waals surface area contributed by atoms with E-state index >= 15 is 0 Å². The van der Waals surface area contributed by atoms with Gasteiger partial charge in [0, 0.05) is 23.7 Å². The van der Waals surface area contributed by atoms with E-state index in [1.165, 1.54) is 5.56 Å². The van der Waals surface area contributed by atoms with Gasteiger partial charge in [0.1, 0.15) is 6.04 Å². The predicted octanol–water partition coefficient (Wildman–Crippen LogP) is 4.66. The smallest absolute Gasteiger partial charge is 0.251 e. The number of aryl methyl sites for hydroxylation is 2. The van der Waals surface area contributed by atoms with Crippen LogP contribution in [0.2, 0.25) is 5.02 Å². The Kier molecular flexibility index (Phi) is 12.9. The maximum atomic E-state index is 14.2. The monoisotopic (exact) mass is 715 g/mol. The standard InChI is InChI=1S/C40H50ClN5O5/c1-39(2,3)23-42-35(47)22-34(46-40(25-51-26-40)24-43-36(48)29-15-9-16-30(41)21-29)38(50)45-33(20-19-27-11-5-4-6-12-27)37(49)44-32-18-10-14-28-13-7-8-17-31(28)32/h4-9,11-13,15-17,21,32-34,46H,10,14,18-20,22-26H2,1-3H3,(H,42,47)(H,43,48)(H,44,49)(H,45,50)/t32-,33?,34?/m1/s1. The van der Waals surface area contributed by atoms with Crippen molar-refractivity contribution in [3.63, 3.8) is 0 Å². The quantitative estimate of drug-likeness (QED) is 0.155. The Morgan fingerprint density at radius 1 is 0.902 bits per heavy atom. The zero-order chi connectivity index (χ0) is 36.4. The van der Waals surface area contributed by atoms with E-state index in [0.29, 0.717) is 30.0 Å². The molecule has 2 aliphatic rings. The first-order chi connectivity index (χ1) is 24.4. The normalized spacial score (nSPS) is 17.5. The highest BCUT2D eigenvalue weighted by molar-refractivity contribution is 6.31. The van der Waals surface area contributed by atoms with E-state index in [1.807, 2.05) is 63.2 Å². The third-order valence-corrected chi connectivity index (χ3v) is 9.55. The average Bonchev–Trinajstić information content (AvgIpc) is 3.09. The summed E-state index contributed by atoms with van der Waals surface area (Å²) in [4.78, 5) is 54.5. The van der Waals surface area contributed by atoms with Gasteiger partial charge in [-0.2, -0.15) is 0 Å². The summed E-state index contributed by atoms with van der Waals surface area (Å²) in [7, 11) is 0. The van der Waals surface area contributed by atoms with Crippen molar-refractivity contribution >= 4 is 35.2 Å². The fourth-order valence-corrected chi connectivity index (χ4v) is 6.63. The van der Waals surface area contributed by atoms with Gasteiger partial charge in [0.25, 0.3) is 5.91 Å². The highest BCUT2D eigenvalue weighted by atomic mass is 35.5. The van der Waals surface area contributed by atoms with Crippen LogP contribution in [0.4, 0.5) is 0 Å². The summed E-state index contributed by atoms with van der Waals surface area (Å²) < 4.78 is 5.56. The molecule has 1 aliphatic heterocycles. The van der Waals surface area contributed by atoms with Gasteiger partial charge in [0.2, 0.25) is 17.7 Å². The second-order valence-electron chi connectivity index (χ2n) is 14.9. The Hall–Kier alpha value is -4.25. The fraction of sp³-hybridized carbons (Fsp3) is 0.450. The first-order valence-corrected chi connectivity index (χ1v) is 18.2. The van der Waals surface area contributed by atoms with Gasteiger partial charge in [-0.05, 0) is 72.4 Å². The molecule has 0 radical (unpaired) electrons. The molecule has 272 valence electrons. The van der Waals surface area contributed by atoms with Crippen molar-refractivity contribution < 1.29 is 23.9 Å². The molecular formula is C40H50ClN5O5. The lowest BCUT2D eigenvalue weighted by molar-refractivity contribution is -0.135. The molecule has 4 amide bonds. The Morgan fingerprint density at radius 2 is 1.65 bits per heavy atom. The van der Waals surface area contributed by atoms with Crippen LogP contribution >= 0.6 is 11.6 Å². The van der Waals surface area contributed by atoms with E-state index in [1.54, 1.807) is 24.3 Å². The molecule has 3 atom stereocenters. The minimum absolute atomic E-state index is 0.144. The highest BCUT2D eigenvalue weighted by Crippen LogP contribution is 2.29. The van der Waals surface area contributed by atoms with Crippen molar-refractivity contribution in [2.75, 3.05) is 26.3 Å². The minimum atomic E-state index is -1.01. The molecule has 2 unspecified atom stereocenters. The predicted molar refractivity (Wildman–Crippen MR) is 198 cm³/mol. The summed E-state index contributed by atoms with van der Waals surface area (Å²) in [5.41, 5.74) is 2.81. The van der Waals surface area contributed by atoms with Crippen LogP contribution in [0.3, 0.4) is 0 Å². The van der Waals surface area contributed by atoms with Crippen molar-refractivity contribution in [1.82, 2.24) is 26.6 Å². The van der Waals surface area contributed by atoms with Crippen LogP contribution in [0.1, 0.15) is 79.5 Å². The van der Waals surface area contributed by atoms with Crippen LogP contribution in [0.15, 0.2) is 78.9 Å². The molecule has 3 aromatic rings. The van der Waals surface area contributed by atoms with Crippen LogP contribution < -0.4 is 26.6 Å². The lowest BCUT2D eigenvalue weighted by atomic mass is 9.87. The van der Waals surface area contributed by atoms with Crippen molar-refractivity contribution in [3.8, 4) is 0 Å². The van der Waals surface area contributed by atoms with E-state index in [4.69, 9.17) is 16.3 Å². The van der Waals surface area contributed by atoms with Gasteiger partial charge in [-0.25, -0.2) is 0 Å². The molecule has 10 nitrogen and oxygen atoms in total. The third-order valence-electron chi connectivity index (χ3n) is 9.32. The van der Waals surface area contributed by atoms with Crippen molar-refractivity contribution in [1.29, 1.82) is 0 Å². The number of carbonyl (C=O) groups is 4. The van der Waals surface area contributed by atoms with Crippen molar-refractivity contribution in [2.45, 2.75) is 83.0 Å². The number of nitrogens with one attached hydrogen (secondary N) is 5. The Morgan fingerprint density at radius 3 is 2.35 bits per heavy atom. The molecule has 1 fully saturated rings. The number of fused-ring (bicyclic) bond motifs is 1. The zero-order valence-corrected chi connectivity index (χ0v) is 30.5. The zero-order valence-electron chi connectivity index (χ0n) is 29.7. The number of rotatable bonds is 15. The lowest BCUT2D eigenvalue weighted by Crippen LogP contribution is -2.70. The molecule has 0 spiro atoms. The van der Waals surface area contributed by atoms with Gasteiger partial charge >= 0.3 is 0 Å². The van der Waals surface area contributed by atoms with E-state index in [9.17, 15) is 19.2 Å². The van der Waals surface area contributed by atoms with Crippen LogP contribution in [0, 0.1) is 5.41 Å². The van der Waals surface area contributed by atoms with Gasteiger partial charge in [-0.15, -0.1) is 0 Å². The number of carbonyl (C=O) groups excluding carboxylic acids is 4. The summed E-state index contributed by atoms with van der Waals surface area (Å²) >= 11 is 6.10. The number of amides is 4. The van der Waals surface area contributed by atoms with Gasteiger partial charge < -0.3 is 26.0 Å². The van der Waals surface area contributed by atoms with Crippen LogP contribution in [0.25, 0.3) is 0 Å². The van der Waals surface area contributed by atoms with E-state index in [2.05, 4.69) is 38.7 Å². The molecule has 1 heterocycles. The molecule has 0 saturated carbocycles. The largest absolute Gasteiger partial charge is 0.377 e. The number of halogens is 1. The number of hydrogen-bond donors (Lipinski definition) is 5. The second kappa shape index (κ2) is 17.3. The first-order valence-electron chi connectivity index (χ1n) is 17.8. The number of hydrogen-bond acceptors (Lipinski definition) is 6. The molecule has 1 saturated heterocycles. The van der Waals surface area contributed by atoms with Crippen molar-refractivity contribution in [2.24, 2.45) is 5.41 Å². The lowest BCUT2D eigenvalue weighted by Gasteiger charge is -2.44. The maximum absolute atomic E-state index is 14.2. The van der Waals surface area contributed by atoms with Crippen LogP contribution in [-0.2, 0) is 32.0 Å². The molecular weight excluding hydrogens is 666 g/mol. The number of benzene rings is 3. The molecule has 1 aliphatic carbocycles. The SMILES string of the molecule is CC(C)(C)CNC(=O)CC(NC1(CNC(=O)c2cccc(Cl)c2)COC1)C(=O)NC(CCc1ccccc1)C(=O)N[C@@H]1CCCc2ccccc21. The summed E-state index contributed by atoms with van der Waals surface area (Å²) in [5.74, 6) is -1.38. The molecule has 3 aromatic carbocycles. The summed E-state index contributed by atoms with van der Waals surface area (Å²) in [6.45, 7) is 7.04. The molecule has 0 aromatic heterocycles. The fourth-order valence-electron chi connectivity index (χ4n) is 6.44. The minimum Gasteiger partial charge on any atom is -0.377 e. The van der Waals surface area contributed by atoms with Gasteiger partial charge in [0.05, 0.1) is 37.3 Å². The maximum Gasteiger partial charge on any atom is 0.251 e. The molecule has 11 heteroatoms. The first kappa shape index (κ1) is 38.0.